The number of rotatable bonds is 9. The Labute approximate surface area is 176 Å². The Morgan fingerprint density at radius 3 is 1.97 bits per heavy atom. The molecule has 8 heteroatoms. The van der Waals surface area contributed by atoms with Crippen LogP contribution < -0.4 is 14.9 Å². The van der Waals surface area contributed by atoms with Gasteiger partial charge < -0.3 is 9.47 Å². The summed E-state index contributed by atoms with van der Waals surface area (Å²) >= 11 is 0. The second-order valence-electron chi connectivity index (χ2n) is 6.11. The van der Waals surface area contributed by atoms with Gasteiger partial charge in [-0.25, -0.2) is 0 Å². The number of nitrogens with one attached hydrogen (secondary N) is 1. The number of hydrazone groups is 1. The highest BCUT2D eigenvalue weighted by molar-refractivity contribution is 7.87. The molecule has 0 heterocycles. The van der Waals surface area contributed by atoms with Crippen LogP contribution in [0.2, 0.25) is 0 Å². The number of methoxy groups -OCH3 is 2. The van der Waals surface area contributed by atoms with Crippen LogP contribution in [0.4, 0.5) is 5.69 Å². The minimum absolute atomic E-state index is 0.134. The van der Waals surface area contributed by atoms with Gasteiger partial charge in [0.1, 0.15) is 18.1 Å². The van der Waals surface area contributed by atoms with E-state index in [9.17, 15) is 8.42 Å². The van der Waals surface area contributed by atoms with Crippen LogP contribution in [0.25, 0.3) is 0 Å². The Morgan fingerprint density at radius 1 is 0.833 bits per heavy atom. The van der Waals surface area contributed by atoms with Gasteiger partial charge in [-0.2, -0.15) is 13.5 Å². The van der Waals surface area contributed by atoms with E-state index in [0.717, 1.165) is 11.3 Å². The molecule has 0 aromatic heterocycles. The Balaban J connectivity index is 1.89. The van der Waals surface area contributed by atoms with Gasteiger partial charge in [0, 0.05) is 5.56 Å². The lowest BCUT2D eigenvalue weighted by Gasteiger charge is -2.14. The highest BCUT2D eigenvalue weighted by Gasteiger charge is 2.26. The molecule has 0 saturated heterocycles. The first kappa shape index (κ1) is 21.4. The predicted octanol–water partition coefficient (Wildman–Crippen LogP) is 3.93. The van der Waals surface area contributed by atoms with E-state index < -0.39 is 10.1 Å². The number of benzene rings is 3. The van der Waals surface area contributed by atoms with E-state index in [1.54, 1.807) is 6.07 Å². The zero-order chi connectivity index (χ0) is 21.4. The van der Waals surface area contributed by atoms with Gasteiger partial charge in [-0.3, -0.25) is 9.61 Å². The smallest absolute Gasteiger partial charge is 0.304 e. The number of ether oxygens (including phenoxy) is 2. The molecule has 7 nitrogen and oxygen atoms in total. The third-order valence-electron chi connectivity index (χ3n) is 4.18. The summed E-state index contributed by atoms with van der Waals surface area (Å²) in [6.45, 7) is -0.284. The predicted molar refractivity (Wildman–Crippen MR) is 116 cm³/mol. The number of hydrogen-bond acceptors (Lipinski definition) is 7. The van der Waals surface area contributed by atoms with Crippen molar-refractivity contribution in [1.29, 1.82) is 0 Å². The monoisotopic (exact) mass is 426 g/mol. The van der Waals surface area contributed by atoms with Gasteiger partial charge in [-0.05, 0) is 24.3 Å². The molecule has 0 aliphatic heterocycles. The summed E-state index contributed by atoms with van der Waals surface area (Å²) in [5.41, 5.74) is 4.83. The van der Waals surface area contributed by atoms with Crippen LogP contribution in [0.1, 0.15) is 5.56 Å². The molecule has 0 fully saturated rings. The maximum Gasteiger partial charge on any atom is 0.304 e. The van der Waals surface area contributed by atoms with Gasteiger partial charge in [-0.1, -0.05) is 54.6 Å². The van der Waals surface area contributed by atoms with Gasteiger partial charge in [0.05, 0.1) is 25.6 Å². The van der Waals surface area contributed by atoms with E-state index >= 15 is 0 Å². The van der Waals surface area contributed by atoms with E-state index in [-0.39, 0.29) is 23.0 Å². The van der Waals surface area contributed by atoms with Gasteiger partial charge in [0.25, 0.3) is 0 Å². The van der Waals surface area contributed by atoms with Crippen molar-refractivity contribution >= 4 is 21.5 Å². The van der Waals surface area contributed by atoms with Crippen molar-refractivity contribution in [2.45, 2.75) is 4.90 Å². The molecular weight excluding hydrogens is 404 g/mol. The summed E-state index contributed by atoms with van der Waals surface area (Å²) in [6, 6.07) is 23.2. The second kappa shape index (κ2) is 9.91. The van der Waals surface area contributed by atoms with Crippen LogP contribution >= 0.6 is 0 Å². The standard InChI is InChI=1S/C22H22N2O5S/c1-27-20-14-9-15-21(28-2)22(20)30(25,26)29-16-19(17-10-5-3-6-11-17)24-23-18-12-7-4-8-13-18/h3-15,23H,16H2,1-2H3/b24-19-. The summed E-state index contributed by atoms with van der Waals surface area (Å²) in [7, 11) is -1.42. The van der Waals surface area contributed by atoms with Crippen molar-refractivity contribution in [1.82, 2.24) is 0 Å². The van der Waals surface area contributed by atoms with E-state index in [1.807, 2.05) is 60.7 Å². The fourth-order valence-corrected chi connectivity index (χ4v) is 3.89. The minimum Gasteiger partial charge on any atom is -0.495 e. The fraction of sp³-hybridized carbons (Fsp3) is 0.136. The molecule has 3 aromatic rings. The molecular formula is C22H22N2O5S. The molecule has 0 aliphatic rings. The fourth-order valence-electron chi connectivity index (χ4n) is 2.71. The highest BCUT2D eigenvalue weighted by Crippen LogP contribution is 2.34. The first-order valence-electron chi connectivity index (χ1n) is 9.08. The summed E-state index contributed by atoms with van der Waals surface area (Å²) in [6.07, 6.45) is 0. The zero-order valence-corrected chi connectivity index (χ0v) is 17.4. The maximum atomic E-state index is 12.9. The molecule has 156 valence electrons. The van der Waals surface area contributed by atoms with Crippen molar-refractivity contribution in [2.75, 3.05) is 26.3 Å². The molecule has 0 unspecified atom stereocenters. The number of hydrogen-bond donors (Lipinski definition) is 1. The van der Waals surface area contributed by atoms with Gasteiger partial charge in [-0.15, -0.1) is 0 Å². The average molecular weight is 426 g/mol. The second-order valence-corrected chi connectivity index (χ2v) is 7.66. The Kier molecular flexibility index (Phi) is 7.05. The van der Waals surface area contributed by atoms with E-state index in [1.165, 1.54) is 26.4 Å². The van der Waals surface area contributed by atoms with Crippen LogP contribution in [0.3, 0.4) is 0 Å². The molecule has 3 rings (SSSR count). The molecule has 0 radical (unpaired) electrons. The molecule has 0 bridgehead atoms. The Bertz CT molecular complexity index is 1080. The molecule has 30 heavy (non-hydrogen) atoms. The summed E-state index contributed by atoms with van der Waals surface area (Å²) in [4.78, 5) is -0.168. The van der Waals surface area contributed by atoms with Crippen molar-refractivity contribution in [3.63, 3.8) is 0 Å². The highest BCUT2D eigenvalue weighted by atomic mass is 32.2. The van der Waals surface area contributed by atoms with Crippen LogP contribution in [-0.4, -0.2) is 35.0 Å². The van der Waals surface area contributed by atoms with Crippen LogP contribution in [0, 0.1) is 0 Å². The van der Waals surface area contributed by atoms with E-state index in [2.05, 4.69) is 10.5 Å². The minimum atomic E-state index is -4.19. The molecule has 0 saturated carbocycles. The summed E-state index contributed by atoms with van der Waals surface area (Å²) < 4.78 is 41.6. The molecule has 0 amide bonds. The van der Waals surface area contributed by atoms with Crippen molar-refractivity contribution in [2.24, 2.45) is 5.10 Å². The van der Waals surface area contributed by atoms with E-state index in [0.29, 0.717) is 5.71 Å². The zero-order valence-electron chi connectivity index (χ0n) is 16.6. The Hall–Kier alpha value is -3.36. The van der Waals surface area contributed by atoms with E-state index in [4.69, 9.17) is 13.7 Å². The lowest BCUT2D eigenvalue weighted by atomic mass is 10.1. The normalized spacial score (nSPS) is 11.7. The van der Waals surface area contributed by atoms with Crippen LogP contribution in [0.5, 0.6) is 11.5 Å². The molecule has 0 spiro atoms. The van der Waals surface area contributed by atoms with Crippen LogP contribution in [-0.2, 0) is 14.3 Å². The molecule has 1 N–H and O–H groups in total. The lowest BCUT2D eigenvalue weighted by molar-refractivity contribution is 0.343. The van der Waals surface area contributed by atoms with Gasteiger partial charge >= 0.3 is 10.1 Å². The van der Waals surface area contributed by atoms with Crippen molar-refractivity contribution < 1.29 is 22.1 Å². The number of anilines is 1. The quantitative estimate of drug-likeness (QED) is 0.317. The lowest BCUT2D eigenvalue weighted by Crippen LogP contribution is -2.18. The van der Waals surface area contributed by atoms with Crippen LogP contribution in [0.15, 0.2) is 88.9 Å². The largest absolute Gasteiger partial charge is 0.495 e. The number of nitrogens with zero attached hydrogens (tertiary/aromatic N) is 1. The van der Waals surface area contributed by atoms with Gasteiger partial charge in [0.15, 0.2) is 4.90 Å². The third-order valence-corrected chi connectivity index (χ3v) is 5.51. The third kappa shape index (κ3) is 5.16. The first-order valence-corrected chi connectivity index (χ1v) is 10.5. The topological polar surface area (TPSA) is 86.2 Å². The summed E-state index contributed by atoms with van der Waals surface area (Å²) in [5.74, 6) is 0.268. The van der Waals surface area contributed by atoms with Crippen molar-refractivity contribution in [3.8, 4) is 11.5 Å². The Morgan fingerprint density at radius 2 is 1.40 bits per heavy atom. The first-order chi connectivity index (χ1) is 14.5. The molecule has 0 aliphatic carbocycles. The molecule has 0 atom stereocenters. The SMILES string of the molecule is COc1cccc(OC)c1S(=O)(=O)OC/C(=N/Nc1ccccc1)c1ccccc1. The van der Waals surface area contributed by atoms with Gasteiger partial charge in [0.2, 0.25) is 0 Å². The van der Waals surface area contributed by atoms with Crippen molar-refractivity contribution in [3.05, 3.63) is 84.4 Å². The maximum absolute atomic E-state index is 12.9. The number of para-hydroxylation sites is 1. The molecule has 3 aromatic carbocycles. The average Bonchev–Trinajstić information content (AvgIpc) is 2.79. The summed E-state index contributed by atoms with van der Waals surface area (Å²) in [5, 5.41) is 4.36.